The zero-order chi connectivity index (χ0) is 21.6. The number of piperazine rings is 1. The molecule has 2 aromatic carbocycles. The van der Waals surface area contributed by atoms with Crippen LogP contribution in [0.1, 0.15) is 0 Å². The zero-order valence-electron chi connectivity index (χ0n) is 16.7. The minimum Gasteiger partial charge on any atom is -0.497 e. The quantitative estimate of drug-likeness (QED) is 0.694. The van der Waals surface area contributed by atoms with E-state index < -0.39 is 16.1 Å². The van der Waals surface area contributed by atoms with E-state index in [-0.39, 0.29) is 18.1 Å². The van der Waals surface area contributed by atoms with Crippen LogP contribution in [0.15, 0.2) is 48.5 Å². The first kappa shape index (κ1) is 21.8. The molecular formula is C20H25FN4O4S. The number of benzene rings is 2. The predicted molar refractivity (Wildman–Crippen MR) is 114 cm³/mol. The summed E-state index contributed by atoms with van der Waals surface area (Å²) >= 11 is 0. The summed E-state index contributed by atoms with van der Waals surface area (Å²) in [5, 5.41) is 5.20. The summed E-state index contributed by atoms with van der Waals surface area (Å²) in [7, 11) is -1.96. The van der Waals surface area contributed by atoms with Crippen LogP contribution in [0.3, 0.4) is 0 Å². The Balaban J connectivity index is 1.44. The summed E-state index contributed by atoms with van der Waals surface area (Å²) in [6, 6.07) is 12.5. The first-order valence-corrected chi connectivity index (χ1v) is 11.2. The minimum atomic E-state index is -3.49. The predicted octanol–water partition coefficient (Wildman–Crippen LogP) is 2.11. The van der Waals surface area contributed by atoms with E-state index >= 15 is 0 Å². The monoisotopic (exact) mass is 436 g/mol. The standard InChI is InChI=1S/C20H25FN4O4S/c1-29-19-4-2-3-17(15-19)23-20(26)22-9-14-30(27,28)25-12-10-24(11-13-25)18-7-5-16(21)6-8-18/h2-8,15H,9-14H2,1H3,(H2,22,23,26). The molecule has 1 fully saturated rings. The fourth-order valence-corrected chi connectivity index (χ4v) is 4.51. The summed E-state index contributed by atoms with van der Waals surface area (Å²) in [5.41, 5.74) is 1.41. The fourth-order valence-electron chi connectivity index (χ4n) is 3.18. The van der Waals surface area contributed by atoms with Crippen molar-refractivity contribution < 1.29 is 22.3 Å². The van der Waals surface area contributed by atoms with Crippen LogP contribution in [0.5, 0.6) is 5.75 Å². The highest BCUT2D eigenvalue weighted by Crippen LogP contribution is 2.18. The molecule has 2 aromatic rings. The van der Waals surface area contributed by atoms with E-state index in [2.05, 4.69) is 10.6 Å². The van der Waals surface area contributed by atoms with E-state index in [4.69, 9.17) is 4.74 Å². The Bertz CT molecular complexity index is 961. The Morgan fingerprint density at radius 2 is 1.80 bits per heavy atom. The molecule has 1 heterocycles. The Kier molecular flexibility index (Phi) is 7.11. The number of carbonyl (C=O) groups is 1. The molecule has 10 heteroatoms. The van der Waals surface area contributed by atoms with Gasteiger partial charge in [-0.1, -0.05) is 6.07 Å². The molecular weight excluding hydrogens is 411 g/mol. The van der Waals surface area contributed by atoms with Crippen molar-refractivity contribution in [1.82, 2.24) is 9.62 Å². The van der Waals surface area contributed by atoms with Crippen LogP contribution in [-0.2, 0) is 10.0 Å². The first-order valence-electron chi connectivity index (χ1n) is 9.54. The number of carbonyl (C=O) groups excluding carboxylic acids is 1. The average molecular weight is 437 g/mol. The second-order valence-corrected chi connectivity index (χ2v) is 8.88. The molecule has 30 heavy (non-hydrogen) atoms. The molecule has 1 saturated heterocycles. The number of anilines is 2. The lowest BCUT2D eigenvalue weighted by Crippen LogP contribution is -2.50. The van der Waals surface area contributed by atoms with E-state index in [0.717, 1.165) is 5.69 Å². The highest BCUT2D eigenvalue weighted by molar-refractivity contribution is 7.89. The van der Waals surface area contributed by atoms with Crippen LogP contribution < -0.4 is 20.3 Å². The molecule has 3 rings (SSSR count). The average Bonchev–Trinajstić information content (AvgIpc) is 2.74. The third kappa shape index (κ3) is 5.83. The maximum absolute atomic E-state index is 13.1. The second-order valence-electron chi connectivity index (χ2n) is 6.79. The van der Waals surface area contributed by atoms with Crippen molar-refractivity contribution in [1.29, 1.82) is 0 Å². The van der Waals surface area contributed by atoms with Crippen LogP contribution in [-0.4, -0.2) is 64.3 Å². The largest absolute Gasteiger partial charge is 0.497 e. The number of halogens is 1. The van der Waals surface area contributed by atoms with Crippen molar-refractivity contribution in [3.8, 4) is 5.75 Å². The van der Waals surface area contributed by atoms with E-state index in [1.807, 2.05) is 4.90 Å². The molecule has 1 aliphatic rings. The van der Waals surface area contributed by atoms with Crippen LogP contribution in [0.2, 0.25) is 0 Å². The number of hydrogen-bond acceptors (Lipinski definition) is 5. The number of ether oxygens (including phenoxy) is 1. The highest BCUT2D eigenvalue weighted by Gasteiger charge is 2.26. The van der Waals surface area contributed by atoms with Crippen LogP contribution >= 0.6 is 0 Å². The lowest BCUT2D eigenvalue weighted by atomic mass is 10.2. The molecule has 0 spiro atoms. The van der Waals surface area contributed by atoms with E-state index in [1.165, 1.54) is 23.5 Å². The number of hydrogen-bond donors (Lipinski definition) is 2. The molecule has 0 aliphatic carbocycles. The van der Waals surface area contributed by atoms with Crippen molar-refractivity contribution in [2.45, 2.75) is 0 Å². The number of nitrogens with one attached hydrogen (secondary N) is 2. The van der Waals surface area contributed by atoms with Crippen molar-refractivity contribution in [2.75, 3.05) is 55.8 Å². The molecule has 2 amide bonds. The van der Waals surface area contributed by atoms with Gasteiger partial charge in [-0.15, -0.1) is 0 Å². The van der Waals surface area contributed by atoms with Gasteiger partial charge in [0.15, 0.2) is 0 Å². The second kappa shape index (κ2) is 9.77. The van der Waals surface area contributed by atoms with Crippen molar-refractivity contribution >= 4 is 27.4 Å². The van der Waals surface area contributed by atoms with Crippen LogP contribution in [0.25, 0.3) is 0 Å². The lowest BCUT2D eigenvalue weighted by Gasteiger charge is -2.35. The molecule has 162 valence electrons. The molecule has 1 aliphatic heterocycles. The first-order chi connectivity index (χ1) is 14.4. The Morgan fingerprint density at radius 3 is 2.47 bits per heavy atom. The van der Waals surface area contributed by atoms with Gasteiger partial charge >= 0.3 is 6.03 Å². The van der Waals surface area contributed by atoms with Gasteiger partial charge in [0.2, 0.25) is 10.0 Å². The van der Waals surface area contributed by atoms with Crippen molar-refractivity contribution in [2.24, 2.45) is 0 Å². The molecule has 0 atom stereocenters. The third-order valence-corrected chi connectivity index (χ3v) is 6.67. The number of rotatable bonds is 7. The zero-order valence-corrected chi connectivity index (χ0v) is 17.5. The Hall–Kier alpha value is -2.85. The lowest BCUT2D eigenvalue weighted by molar-refractivity contribution is 0.252. The van der Waals surface area contributed by atoms with Gasteiger partial charge in [0.1, 0.15) is 11.6 Å². The number of methoxy groups -OCH3 is 1. The maximum atomic E-state index is 13.1. The van der Waals surface area contributed by atoms with Crippen LogP contribution in [0, 0.1) is 5.82 Å². The van der Waals surface area contributed by atoms with Gasteiger partial charge in [0, 0.05) is 50.2 Å². The maximum Gasteiger partial charge on any atom is 0.319 e. The van der Waals surface area contributed by atoms with Crippen molar-refractivity contribution in [3.05, 3.63) is 54.3 Å². The summed E-state index contributed by atoms with van der Waals surface area (Å²) in [5.74, 6) is 0.118. The molecule has 0 bridgehead atoms. The Labute approximate surface area is 175 Å². The summed E-state index contributed by atoms with van der Waals surface area (Å²) in [6.07, 6.45) is 0. The number of urea groups is 1. The van der Waals surface area contributed by atoms with Gasteiger partial charge in [-0.2, -0.15) is 4.31 Å². The van der Waals surface area contributed by atoms with Crippen LogP contribution in [0.4, 0.5) is 20.6 Å². The van der Waals surface area contributed by atoms with Gasteiger partial charge in [0.25, 0.3) is 0 Å². The molecule has 0 radical (unpaired) electrons. The van der Waals surface area contributed by atoms with Gasteiger partial charge < -0.3 is 20.3 Å². The minimum absolute atomic E-state index is 0.00366. The molecule has 0 saturated carbocycles. The van der Waals surface area contributed by atoms with E-state index in [9.17, 15) is 17.6 Å². The third-order valence-electron chi connectivity index (χ3n) is 4.80. The molecule has 0 aromatic heterocycles. The normalized spacial score (nSPS) is 14.9. The number of sulfonamides is 1. The summed E-state index contributed by atoms with van der Waals surface area (Å²) < 4.78 is 44.7. The SMILES string of the molecule is COc1cccc(NC(=O)NCCS(=O)(=O)N2CCN(c3ccc(F)cc3)CC2)c1. The topological polar surface area (TPSA) is 91.0 Å². The van der Waals surface area contributed by atoms with E-state index in [0.29, 0.717) is 37.6 Å². The molecule has 2 N–H and O–H groups in total. The molecule has 0 unspecified atom stereocenters. The van der Waals surface area contributed by atoms with Gasteiger partial charge in [-0.25, -0.2) is 17.6 Å². The summed E-state index contributed by atoms with van der Waals surface area (Å²) in [6.45, 7) is 1.73. The summed E-state index contributed by atoms with van der Waals surface area (Å²) in [4.78, 5) is 14.0. The number of amides is 2. The fraction of sp³-hybridized carbons (Fsp3) is 0.350. The molecule has 8 nitrogen and oxygen atoms in total. The van der Waals surface area contributed by atoms with Gasteiger partial charge in [0.05, 0.1) is 12.9 Å². The van der Waals surface area contributed by atoms with Gasteiger partial charge in [-0.05, 0) is 36.4 Å². The smallest absolute Gasteiger partial charge is 0.319 e. The number of nitrogens with zero attached hydrogens (tertiary/aromatic N) is 2. The highest BCUT2D eigenvalue weighted by atomic mass is 32.2. The van der Waals surface area contributed by atoms with E-state index in [1.54, 1.807) is 36.4 Å². The van der Waals surface area contributed by atoms with Crippen molar-refractivity contribution in [3.63, 3.8) is 0 Å². The Morgan fingerprint density at radius 1 is 1.10 bits per heavy atom. The van der Waals surface area contributed by atoms with Gasteiger partial charge in [-0.3, -0.25) is 0 Å².